The maximum absolute atomic E-state index is 5.40. The van der Waals surface area contributed by atoms with Crippen molar-refractivity contribution < 1.29 is 0 Å². The van der Waals surface area contributed by atoms with Gasteiger partial charge in [-0.2, -0.15) is 0 Å². The van der Waals surface area contributed by atoms with Crippen LogP contribution in [0.4, 0.5) is 0 Å². The van der Waals surface area contributed by atoms with Crippen LogP contribution in [0.15, 0.2) is 24.4 Å². The lowest BCUT2D eigenvalue weighted by Crippen LogP contribution is -2.05. The molecule has 0 heterocycles. The van der Waals surface area contributed by atoms with Gasteiger partial charge in [-0.05, 0) is 19.0 Å². The zero-order valence-electron chi connectivity index (χ0n) is 4.93. The molecule has 2 nitrogen and oxygen atoms in total. The van der Waals surface area contributed by atoms with Crippen LogP contribution in [0, 0.1) is 0 Å². The molecular formula is C6H12N2. The molecule has 46 valence electrons. The zero-order chi connectivity index (χ0) is 6.41. The van der Waals surface area contributed by atoms with Gasteiger partial charge in [-0.15, -0.1) is 0 Å². The first-order chi connectivity index (χ1) is 3.81. The summed E-state index contributed by atoms with van der Waals surface area (Å²) >= 11 is 0. The highest BCUT2D eigenvalue weighted by molar-refractivity contribution is 5.06. The fraction of sp³-hybridized carbons (Fsp3) is 0.333. The maximum Gasteiger partial charge on any atom is 0.00929 e. The molecule has 2 heteroatoms. The van der Waals surface area contributed by atoms with E-state index in [0.717, 1.165) is 12.1 Å². The summed E-state index contributed by atoms with van der Waals surface area (Å²) in [4.78, 5) is 0. The number of hydrogen-bond donors (Lipinski definition) is 2. The Balaban J connectivity index is 3.44. The third kappa shape index (κ3) is 3.43. The van der Waals surface area contributed by atoms with Gasteiger partial charge in [0.05, 0.1) is 0 Å². The third-order valence-corrected chi connectivity index (χ3v) is 0.765. The summed E-state index contributed by atoms with van der Waals surface area (Å²) in [7, 11) is 0. The molecule has 0 bridgehead atoms. The first-order valence-corrected chi connectivity index (χ1v) is 2.58. The molecule has 0 rings (SSSR count). The molecule has 0 unspecified atom stereocenters. The first-order valence-electron chi connectivity index (χ1n) is 2.58. The molecule has 0 aromatic heterocycles. The minimum atomic E-state index is 0.607. The Bertz CT molecular complexity index is 94.7. The van der Waals surface area contributed by atoms with Gasteiger partial charge in [0.1, 0.15) is 0 Å². The summed E-state index contributed by atoms with van der Waals surface area (Å²) in [6, 6.07) is 0. The second kappa shape index (κ2) is 4.40. The largest absolute Gasteiger partial charge is 0.402 e. The molecule has 0 aliphatic heterocycles. The van der Waals surface area contributed by atoms with Gasteiger partial charge in [-0.3, -0.25) is 0 Å². The van der Waals surface area contributed by atoms with Crippen LogP contribution < -0.4 is 11.5 Å². The van der Waals surface area contributed by atoms with E-state index in [1.165, 1.54) is 0 Å². The first kappa shape index (κ1) is 7.24. The van der Waals surface area contributed by atoms with Crippen molar-refractivity contribution >= 4 is 0 Å². The molecule has 0 aromatic rings. The van der Waals surface area contributed by atoms with Crippen LogP contribution in [-0.4, -0.2) is 6.54 Å². The van der Waals surface area contributed by atoms with E-state index in [1.807, 2.05) is 0 Å². The van der Waals surface area contributed by atoms with E-state index >= 15 is 0 Å². The van der Waals surface area contributed by atoms with Gasteiger partial charge < -0.3 is 11.5 Å². The third-order valence-electron chi connectivity index (χ3n) is 0.765. The van der Waals surface area contributed by atoms with Crippen LogP contribution in [0.2, 0.25) is 0 Å². The molecule has 0 saturated heterocycles. The quantitative estimate of drug-likeness (QED) is 0.518. The minimum Gasteiger partial charge on any atom is -0.402 e. The van der Waals surface area contributed by atoms with E-state index in [-0.39, 0.29) is 0 Å². The van der Waals surface area contributed by atoms with Crippen LogP contribution in [0.3, 0.4) is 0 Å². The zero-order valence-corrected chi connectivity index (χ0v) is 4.93. The van der Waals surface area contributed by atoms with Gasteiger partial charge in [0.25, 0.3) is 0 Å². The molecule has 0 aliphatic rings. The molecule has 0 amide bonds. The molecule has 0 radical (unpaired) electrons. The van der Waals surface area contributed by atoms with Crippen molar-refractivity contribution in [1.82, 2.24) is 0 Å². The highest BCUT2D eigenvalue weighted by Crippen LogP contribution is 1.87. The molecule has 0 aliphatic carbocycles. The summed E-state index contributed by atoms with van der Waals surface area (Å²) in [6.07, 6.45) is 4.17. The lowest BCUT2D eigenvalue weighted by molar-refractivity contribution is 0.936. The van der Waals surface area contributed by atoms with Crippen molar-refractivity contribution in [1.29, 1.82) is 0 Å². The highest BCUT2D eigenvalue weighted by atomic mass is 14.6. The Morgan fingerprint density at radius 3 is 2.62 bits per heavy atom. The van der Waals surface area contributed by atoms with E-state index in [1.54, 1.807) is 12.2 Å². The van der Waals surface area contributed by atoms with E-state index in [4.69, 9.17) is 11.5 Å². The lowest BCUT2D eigenvalue weighted by Gasteiger charge is -1.92. The average Bonchev–Trinajstić information content (AvgIpc) is 1.68. The van der Waals surface area contributed by atoms with Gasteiger partial charge in [-0.1, -0.05) is 12.7 Å². The monoisotopic (exact) mass is 112 g/mol. The van der Waals surface area contributed by atoms with Gasteiger partial charge in [-0.25, -0.2) is 0 Å². The van der Waals surface area contributed by atoms with E-state index in [2.05, 4.69) is 6.58 Å². The van der Waals surface area contributed by atoms with E-state index < -0.39 is 0 Å². The van der Waals surface area contributed by atoms with Crippen molar-refractivity contribution in [2.45, 2.75) is 6.42 Å². The topological polar surface area (TPSA) is 52.0 Å². The predicted molar refractivity (Wildman–Crippen MR) is 36.1 cm³/mol. The molecule has 0 aromatic carbocycles. The minimum absolute atomic E-state index is 0.607. The maximum atomic E-state index is 5.40. The number of nitrogens with two attached hydrogens (primary N) is 2. The highest BCUT2D eigenvalue weighted by Gasteiger charge is 1.81. The molecule has 0 atom stereocenters. The van der Waals surface area contributed by atoms with Crippen molar-refractivity contribution in [2.75, 3.05) is 6.54 Å². The lowest BCUT2D eigenvalue weighted by atomic mass is 10.3. The Kier molecular flexibility index (Phi) is 3.98. The molecule has 4 N–H and O–H groups in total. The summed E-state index contributed by atoms with van der Waals surface area (Å²) in [5.41, 5.74) is 11.4. The van der Waals surface area contributed by atoms with Gasteiger partial charge >= 0.3 is 0 Å². The van der Waals surface area contributed by atoms with Crippen LogP contribution in [0.5, 0.6) is 0 Å². The Labute approximate surface area is 49.9 Å². The smallest absolute Gasteiger partial charge is 0.00929 e. The van der Waals surface area contributed by atoms with Crippen molar-refractivity contribution in [2.24, 2.45) is 11.5 Å². The number of hydrogen-bond acceptors (Lipinski definition) is 2. The normalized spacial score (nSPS) is 11.4. The second-order valence-electron chi connectivity index (χ2n) is 1.52. The molecular weight excluding hydrogens is 100 g/mol. The number of rotatable bonds is 3. The number of allylic oxidation sites excluding steroid dienone is 2. The Hall–Kier alpha value is -0.760. The van der Waals surface area contributed by atoms with E-state index in [9.17, 15) is 0 Å². The fourth-order valence-corrected chi connectivity index (χ4v) is 0.401. The van der Waals surface area contributed by atoms with E-state index in [0.29, 0.717) is 6.54 Å². The molecule has 0 saturated carbocycles. The van der Waals surface area contributed by atoms with Gasteiger partial charge in [0, 0.05) is 5.70 Å². The van der Waals surface area contributed by atoms with Crippen molar-refractivity contribution in [3.05, 3.63) is 24.4 Å². The van der Waals surface area contributed by atoms with Crippen LogP contribution >= 0.6 is 0 Å². The van der Waals surface area contributed by atoms with Crippen molar-refractivity contribution in [3.63, 3.8) is 0 Å². The van der Waals surface area contributed by atoms with Crippen molar-refractivity contribution in [3.8, 4) is 0 Å². The predicted octanol–water partition coefficient (Wildman–Crippen LogP) is 0.364. The summed E-state index contributed by atoms with van der Waals surface area (Å²) in [5.74, 6) is 0. The Morgan fingerprint density at radius 2 is 2.25 bits per heavy atom. The second-order valence-corrected chi connectivity index (χ2v) is 1.52. The standard InChI is InChI=1S/C6H12N2/c1-2-3-6(8)4-5-7/h2-3H,1,4-5,7-8H2/b6-3+. The molecule has 0 spiro atoms. The fourth-order valence-electron chi connectivity index (χ4n) is 0.401. The van der Waals surface area contributed by atoms with Gasteiger partial charge in [0.2, 0.25) is 0 Å². The molecule has 8 heavy (non-hydrogen) atoms. The molecule has 0 fully saturated rings. The van der Waals surface area contributed by atoms with Crippen LogP contribution in [-0.2, 0) is 0 Å². The average molecular weight is 112 g/mol. The SMILES string of the molecule is C=C/C=C(/N)CCN. The summed E-state index contributed by atoms with van der Waals surface area (Å²) < 4.78 is 0. The summed E-state index contributed by atoms with van der Waals surface area (Å²) in [6.45, 7) is 4.09. The van der Waals surface area contributed by atoms with Crippen LogP contribution in [0.1, 0.15) is 6.42 Å². The Morgan fingerprint density at radius 1 is 1.62 bits per heavy atom. The summed E-state index contributed by atoms with van der Waals surface area (Å²) in [5, 5.41) is 0. The van der Waals surface area contributed by atoms with Gasteiger partial charge in [0.15, 0.2) is 0 Å². The van der Waals surface area contributed by atoms with Crippen LogP contribution in [0.25, 0.3) is 0 Å².